The van der Waals surface area contributed by atoms with Crippen molar-refractivity contribution in [3.05, 3.63) is 23.9 Å². The quantitative estimate of drug-likeness (QED) is 0.829. The number of anilines is 1. The zero-order valence-electron chi connectivity index (χ0n) is 10.5. The Bertz CT molecular complexity index is 406. The molecule has 0 saturated carbocycles. The van der Waals surface area contributed by atoms with Crippen molar-refractivity contribution in [2.45, 2.75) is 13.3 Å². The van der Waals surface area contributed by atoms with Gasteiger partial charge in [0, 0.05) is 12.7 Å². The molecule has 1 aliphatic heterocycles. The molecule has 0 bridgehead atoms. The van der Waals surface area contributed by atoms with Gasteiger partial charge in [0.05, 0.1) is 6.61 Å². The molecule has 98 valence electrons. The van der Waals surface area contributed by atoms with Crippen LogP contribution in [0.3, 0.4) is 0 Å². The molecule has 4 nitrogen and oxygen atoms in total. The van der Waals surface area contributed by atoms with Crippen LogP contribution in [-0.4, -0.2) is 35.6 Å². The van der Waals surface area contributed by atoms with Crippen LogP contribution in [0.5, 0.6) is 0 Å². The van der Waals surface area contributed by atoms with Crippen LogP contribution in [0.1, 0.15) is 23.7 Å². The summed E-state index contributed by atoms with van der Waals surface area (Å²) in [5.41, 5.74) is 0.519. The van der Waals surface area contributed by atoms with Gasteiger partial charge in [0.25, 0.3) is 0 Å². The number of rotatable bonds is 5. The molecule has 1 saturated heterocycles. The first kappa shape index (κ1) is 13.2. The van der Waals surface area contributed by atoms with Crippen molar-refractivity contribution in [1.29, 1.82) is 0 Å². The van der Waals surface area contributed by atoms with E-state index >= 15 is 0 Å². The van der Waals surface area contributed by atoms with Gasteiger partial charge >= 0.3 is 5.97 Å². The Labute approximate surface area is 112 Å². The Balaban J connectivity index is 2.00. The highest BCUT2D eigenvalue weighted by atomic mass is 32.2. The molecule has 2 heterocycles. The summed E-state index contributed by atoms with van der Waals surface area (Å²) in [6, 6.07) is 3.50. The van der Waals surface area contributed by atoms with Crippen molar-refractivity contribution >= 4 is 23.5 Å². The maximum atomic E-state index is 11.8. The molecule has 0 spiro atoms. The summed E-state index contributed by atoms with van der Waals surface area (Å²) in [5.74, 6) is 3.42. The number of aromatic nitrogens is 1. The number of nitrogens with one attached hydrogen (secondary N) is 1. The minimum Gasteiger partial charge on any atom is -0.462 e. The molecule has 1 unspecified atom stereocenters. The Morgan fingerprint density at radius 2 is 2.56 bits per heavy atom. The van der Waals surface area contributed by atoms with E-state index in [1.807, 2.05) is 11.8 Å². The number of pyridine rings is 1. The van der Waals surface area contributed by atoms with E-state index in [0.717, 1.165) is 6.54 Å². The van der Waals surface area contributed by atoms with Gasteiger partial charge in [-0.2, -0.15) is 11.8 Å². The second-order valence-electron chi connectivity index (χ2n) is 4.23. The normalized spacial score (nSPS) is 18.6. The number of thioether (sulfide) groups is 1. The largest absolute Gasteiger partial charge is 0.462 e. The van der Waals surface area contributed by atoms with Crippen molar-refractivity contribution < 1.29 is 9.53 Å². The maximum Gasteiger partial charge on any atom is 0.341 e. The summed E-state index contributed by atoms with van der Waals surface area (Å²) < 4.78 is 5.02. The van der Waals surface area contributed by atoms with Crippen LogP contribution in [0.15, 0.2) is 18.3 Å². The molecule has 1 N–H and O–H groups in total. The van der Waals surface area contributed by atoms with E-state index in [9.17, 15) is 4.79 Å². The lowest BCUT2D eigenvalue weighted by atomic mass is 10.1. The zero-order chi connectivity index (χ0) is 12.8. The summed E-state index contributed by atoms with van der Waals surface area (Å²) in [4.78, 5) is 16.0. The SMILES string of the molecule is CCOC(=O)c1cccnc1NCC1CCSC1. The van der Waals surface area contributed by atoms with E-state index in [0.29, 0.717) is 23.9 Å². The number of hydrogen-bond donors (Lipinski definition) is 1. The number of ether oxygens (including phenoxy) is 1. The third kappa shape index (κ3) is 3.38. The Hall–Kier alpha value is -1.23. The number of esters is 1. The van der Waals surface area contributed by atoms with Crippen LogP contribution in [0, 0.1) is 5.92 Å². The molecule has 1 fully saturated rings. The fourth-order valence-corrected chi connectivity index (χ4v) is 3.19. The third-order valence-corrected chi connectivity index (χ3v) is 4.12. The minimum atomic E-state index is -0.311. The van der Waals surface area contributed by atoms with Crippen LogP contribution < -0.4 is 5.32 Å². The van der Waals surface area contributed by atoms with E-state index in [1.54, 1.807) is 25.3 Å². The molecule has 1 aromatic rings. The molecule has 5 heteroatoms. The summed E-state index contributed by atoms with van der Waals surface area (Å²) in [5, 5.41) is 3.27. The first-order chi connectivity index (χ1) is 8.81. The van der Waals surface area contributed by atoms with Gasteiger partial charge in [0.15, 0.2) is 0 Å². The monoisotopic (exact) mass is 266 g/mol. The fourth-order valence-electron chi connectivity index (χ4n) is 1.91. The van der Waals surface area contributed by atoms with Gasteiger partial charge in [-0.15, -0.1) is 0 Å². The molecule has 2 rings (SSSR count). The second kappa shape index (κ2) is 6.64. The summed E-state index contributed by atoms with van der Waals surface area (Å²) in [6.45, 7) is 3.06. The molecule has 1 aromatic heterocycles. The smallest absolute Gasteiger partial charge is 0.341 e. The van der Waals surface area contributed by atoms with Crippen molar-refractivity contribution in [3.8, 4) is 0 Å². The molecule has 1 aliphatic rings. The van der Waals surface area contributed by atoms with Crippen LogP contribution >= 0.6 is 11.8 Å². The van der Waals surface area contributed by atoms with E-state index in [-0.39, 0.29) is 5.97 Å². The third-order valence-electron chi connectivity index (χ3n) is 2.89. The molecule has 0 radical (unpaired) electrons. The summed E-state index contributed by atoms with van der Waals surface area (Å²) in [7, 11) is 0. The van der Waals surface area contributed by atoms with E-state index < -0.39 is 0 Å². The lowest BCUT2D eigenvalue weighted by Gasteiger charge is -2.13. The van der Waals surface area contributed by atoms with Crippen LogP contribution in [0.25, 0.3) is 0 Å². The topological polar surface area (TPSA) is 51.2 Å². The van der Waals surface area contributed by atoms with Crippen molar-refractivity contribution in [2.24, 2.45) is 5.92 Å². The lowest BCUT2D eigenvalue weighted by molar-refractivity contribution is 0.0527. The summed E-state index contributed by atoms with van der Waals surface area (Å²) in [6.07, 6.45) is 2.92. The molecule has 0 amide bonds. The average molecular weight is 266 g/mol. The van der Waals surface area contributed by atoms with Crippen LogP contribution in [0.2, 0.25) is 0 Å². The second-order valence-corrected chi connectivity index (χ2v) is 5.38. The van der Waals surface area contributed by atoms with Crippen molar-refractivity contribution in [3.63, 3.8) is 0 Å². The molecule has 1 atom stereocenters. The lowest BCUT2D eigenvalue weighted by Crippen LogP contribution is -2.17. The number of carbonyl (C=O) groups is 1. The standard InChI is InChI=1S/C13H18N2O2S/c1-2-17-13(16)11-4-3-6-14-12(11)15-8-10-5-7-18-9-10/h3-4,6,10H,2,5,7-9H2,1H3,(H,14,15). The highest BCUT2D eigenvalue weighted by Gasteiger charge is 2.17. The molecular weight excluding hydrogens is 248 g/mol. The number of nitrogens with zero attached hydrogens (tertiary/aromatic N) is 1. The average Bonchev–Trinajstić information content (AvgIpc) is 2.90. The molecule has 0 aliphatic carbocycles. The van der Waals surface area contributed by atoms with Crippen LogP contribution in [0.4, 0.5) is 5.82 Å². The van der Waals surface area contributed by atoms with Gasteiger partial charge in [0.2, 0.25) is 0 Å². The fraction of sp³-hybridized carbons (Fsp3) is 0.538. The van der Waals surface area contributed by atoms with Gasteiger partial charge in [-0.3, -0.25) is 0 Å². The zero-order valence-corrected chi connectivity index (χ0v) is 11.3. The van der Waals surface area contributed by atoms with Crippen molar-refractivity contribution in [1.82, 2.24) is 4.98 Å². The Morgan fingerprint density at radius 3 is 3.28 bits per heavy atom. The maximum absolute atomic E-state index is 11.8. The van der Waals surface area contributed by atoms with Gasteiger partial charge in [-0.05, 0) is 42.9 Å². The highest BCUT2D eigenvalue weighted by Crippen LogP contribution is 2.24. The predicted octanol–water partition coefficient (Wildman–Crippen LogP) is 2.42. The van der Waals surface area contributed by atoms with Gasteiger partial charge in [-0.1, -0.05) is 0 Å². The Kier molecular flexibility index (Phi) is 4.87. The van der Waals surface area contributed by atoms with Gasteiger partial charge < -0.3 is 10.1 Å². The minimum absolute atomic E-state index is 0.311. The van der Waals surface area contributed by atoms with E-state index in [2.05, 4.69) is 10.3 Å². The Morgan fingerprint density at radius 1 is 1.67 bits per heavy atom. The molecular formula is C13H18N2O2S. The van der Waals surface area contributed by atoms with Crippen molar-refractivity contribution in [2.75, 3.05) is 30.0 Å². The summed E-state index contributed by atoms with van der Waals surface area (Å²) >= 11 is 1.98. The molecule has 0 aromatic carbocycles. The number of hydrogen-bond acceptors (Lipinski definition) is 5. The predicted molar refractivity (Wildman–Crippen MR) is 74.1 cm³/mol. The molecule has 18 heavy (non-hydrogen) atoms. The van der Waals surface area contributed by atoms with Gasteiger partial charge in [0.1, 0.15) is 11.4 Å². The first-order valence-corrected chi connectivity index (χ1v) is 7.40. The highest BCUT2D eigenvalue weighted by molar-refractivity contribution is 7.99. The van der Waals surface area contributed by atoms with E-state index in [1.165, 1.54) is 17.9 Å². The van der Waals surface area contributed by atoms with Gasteiger partial charge in [-0.25, -0.2) is 9.78 Å². The number of carbonyl (C=O) groups excluding carboxylic acids is 1. The van der Waals surface area contributed by atoms with E-state index in [4.69, 9.17) is 4.74 Å². The first-order valence-electron chi connectivity index (χ1n) is 6.25. The van der Waals surface area contributed by atoms with Crippen LogP contribution in [-0.2, 0) is 4.74 Å².